The van der Waals surface area contributed by atoms with Gasteiger partial charge in [-0.15, -0.1) is 12.4 Å². The van der Waals surface area contributed by atoms with Crippen LogP contribution in [0.15, 0.2) is 0 Å². The third-order valence-electron chi connectivity index (χ3n) is 7.33. The van der Waals surface area contributed by atoms with Gasteiger partial charge in [-0.3, -0.25) is 9.59 Å². The first-order valence-electron chi connectivity index (χ1n) is 10.4. The van der Waals surface area contributed by atoms with Crippen LogP contribution in [0, 0.1) is 29.6 Å². The molecule has 1 atom stereocenters. The average Bonchev–Trinajstić information content (AvgIpc) is 2.59. The molecule has 4 bridgehead atoms. The third-order valence-corrected chi connectivity index (χ3v) is 7.33. The molecule has 4 saturated carbocycles. The van der Waals surface area contributed by atoms with Crippen molar-refractivity contribution in [2.45, 2.75) is 63.8 Å². The van der Waals surface area contributed by atoms with E-state index >= 15 is 0 Å². The molecule has 0 radical (unpaired) electrons. The van der Waals surface area contributed by atoms with Gasteiger partial charge in [0.05, 0.1) is 0 Å². The fraction of sp³-hybridized carbons (Fsp3) is 0.900. The number of likely N-dealkylation sites (tertiary alicyclic amines) is 1. The Hall–Kier alpha value is -0.810. The molecule has 1 saturated heterocycles. The molecule has 0 spiro atoms. The molecule has 0 aromatic carbocycles. The van der Waals surface area contributed by atoms with Crippen molar-refractivity contribution in [3.05, 3.63) is 0 Å². The van der Waals surface area contributed by atoms with E-state index < -0.39 is 0 Å². The van der Waals surface area contributed by atoms with E-state index in [9.17, 15) is 9.59 Å². The molecule has 5 rings (SSSR count). The lowest BCUT2D eigenvalue weighted by Crippen LogP contribution is -2.56. The minimum absolute atomic E-state index is 0. The maximum Gasteiger partial charge on any atom is 0.226 e. The SMILES string of the molecule is Cl.NCCC(=O)NCC1CCCCN1C(=O)C1C2CC3CC(C2)CC1C3. The largest absolute Gasteiger partial charge is 0.354 e. The normalized spacial score (nSPS) is 38.0. The number of halogens is 1. The Kier molecular flexibility index (Phi) is 6.50. The molecule has 5 nitrogen and oxygen atoms in total. The van der Waals surface area contributed by atoms with E-state index in [-0.39, 0.29) is 30.3 Å². The lowest BCUT2D eigenvalue weighted by Gasteiger charge is -2.55. The first kappa shape index (κ1) is 19.9. The van der Waals surface area contributed by atoms with Gasteiger partial charge in [-0.2, -0.15) is 0 Å². The number of hydrogen-bond acceptors (Lipinski definition) is 3. The topological polar surface area (TPSA) is 75.4 Å². The van der Waals surface area contributed by atoms with Crippen molar-refractivity contribution in [3.8, 4) is 0 Å². The van der Waals surface area contributed by atoms with Crippen molar-refractivity contribution in [2.24, 2.45) is 35.3 Å². The predicted octanol–water partition coefficient (Wildman–Crippen LogP) is 2.33. The van der Waals surface area contributed by atoms with Crippen molar-refractivity contribution >= 4 is 24.2 Å². The van der Waals surface area contributed by atoms with Gasteiger partial charge in [0.1, 0.15) is 0 Å². The second-order valence-corrected chi connectivity index (χ2v) is 8.98. The number of carbonyl (C=O) groups is 2. The Labute approximate surface area is 163 Å². The van der Waals surface area contributed by atoms with Crippen molar-refractivity contribution in [2.75, 3.05) is 19.6 Å². The van der Waals surface area contributed by atoms with Crippen LogP contribution in [0.2, 0.25) is 0 Å². The summed E-state index contributed by atoms with van der Waals surface area (Å²) in [6.07, 6.45) is 10.2. The van der Waals surface area contributed by atoms with Gasteiger partial charge in [0.2, 0.25) is 11.8 Å². The Morgan fingerprint density at radius 3 is 2.27 bits per heavy atom. The zero-order valence-electron chi connectivity index (χ0n) is 15.7. The monoisotopic (exact) mass is 383 g/mol. The van der Waals surface area contributed by atoms with Gasteiger partial charge in [0.25, 0.3) is 0 Å². The van der Waals surface area contributed by atoms with Crippen LogP contribution in [0.4, 0.5) is 0 Å². The molecule has 3 N–H and O–H groups in total. The summed E-state index contributed by atoms with van der Waals surface area (Å²) in [5, 5.41) is 2.99. The Balaban J connectivity index is 0.00000196. The van der Waals surface area contributed by atoms with E-state index in [0.717, 1.165) is 37.6 Å². The lowest BCUT2D eigenvalue weighted by molar-refractivity contribution is -0.153. The van der Waals surface area contributed by atoms with Crippen LogP contribution >= 0.6 is 12.4 Å². The molecule has 148 valence electrons. The van der Waals surface area contributed by atoms with Gasteiger partial charge >= 0.3 is 0 Å². The zero-order valence-corrected chi connectivity index (χ0v) is 16.5. The molecule has 5 aliphatic rings. The van der Waals surface area contributed by atoms with Gasteiger partial charge in [-0.05, 0) is 75.0 Å². The fourth-order valence-corrected chi connectivity index (χ4v) is 6.47. The Morgan fingerprint density at radius 2 is 1.65 bits per heavy atom. The van der Waals surface area contributed by atoms with E-state index in [4.69, 9.17) is 5.73 Å². The third kappa shape index (κ3) is 3.89. The van der Waals surface area contributed by atoms with E-state index in [1.54, 1.807) is 0 Å². The molecule has 26 heavy (non-hydrogen) atoms. The second kappa shape index (κ2) is 8.47. The molecule has 1 aliphatic heterocycles. The first-order chi connectivity index (χ1) is 12.2. The summed E-state index contributed by atoms with van der Waals surface area (Å²) in [4.78, 5) is 27.4. The molecule has 0 aromatic heterocycles. The molecule has 6 heteroatoms. The molecule has 1 unspecified atom stereocenters. The summed E-state index contributed by atoms with van der Waals surface area (Å²) in [5.41, 5.74) is 5.45. The highest BCUT2D eigenvalue weighted by Gasteiger charge is 2.52. The van der Waals surface area contributed by atoms with E-state index in [1.807, 2.05) is 0 Å². The average molecular weight is 384 g/mol. The van der Waals surface area contributed by atoms with E-state index in [0.29, 0.717) is 37.3 Å². The number of rotatable bonds is 5. The summed E-state index contributed by atoms with van der Waals surface area (Å²) in [6.45, 7) is 1.85. The first-order valence-corrected chi connectivity index (χ1v) is 10.4. The van der Waals surface area contributed by atoms with Gasteiger partial charge in [-0.1, -0.05) is 0 Å². The van der Waals surface area contributed by atoms with Gasteiger partial charge < -0.3 is 16.0 Å². The smallest absolute Gasteiger partial charge is 0.226 e. The number of nitrogens with two attached hydrogens (primary N) is 1. The molecular formula is C20H34ClN3O2. The van der Waals surface area contributed by atoms with Crippen molar-refractivity contribution in [3.63, 3.8) is 0 Å². The number of hydrogen-bond donors (Lipinski definition) is 2. The Bertz CT molecular complexity index is 499. The second-order valence-electron chi connectivity index (χ2n) is 8.98. The molecule has 1 heterocycles. The molecule has 2 amide bonds. The summed E-state index contributed by atoms with van der Waals surface area (Å²) in [6, 6.07) is 0.181. The van der Waals surface area contributed by atoms with Crippen LogP contribution in [0.25, 0.3) is 0 Å². The highest BCUT2D eigenvalue weighted by Crippen LogP contribution is 2.57. The molecule has 0 aromatic rings. The van der Waals surface area contributed by atoms with Crippen molar-refractivity contribution in [1.82, 2.24) is 10.2 Å². The summed E-state index contributed by atoms with van der Waals surface area (Å²) >= 11 is 0. The van der Waals surface area contributed by atoms with E-state index in [2.05, 4.69) is 10.2 Å². The standard InChI is InChI=1S/C20H33N3O2.ClH/c21-5-4-18(24)22-12-17-3-1-2-6-23(17)20(25)19-15-8-13-7-14(10-15)11-16(19)9-13;/h13-17,19H,1-12,21H2,(H,22,24);1H. The maximum absolute atomic E-state index is 13.5. The van der Waals surface area contributed by atoms with Gasteiger partial charge in [0, 0.05) is 38.0 Å². The number of nitrogens with one attached hydrogen (secondary N) is 1. The molecule has 5 fully saturated rings. The van der Waals surface area contributed by atoms with Gasteiger partial charge in [-0.25, -0.2) is 0 Å². The highest BCUT2D eigenvalue weighted by molar-refractivity contribution is 5.85. The number of nitrogens with zero attached hydrogens (tertiary/aromatic N) is 1. The number of carbonyl (C=O) groups excluding carboxylic acids is 2. The van der Waals surface area contributed by atoms with Crippen LogP contribution in [0.5, 0.6) is 0 Å². The lowest BCUT2D eigenvalue weighted by atomic mass is 9.51. The van der Waals surface area contributed by atoms with Crippen molar-refractivity contribution in [1.29, 1.82) is 0 Å². The minimum Gasteiger partial charge on any atom is -0.354 e. The summed E-state index contributed by atoms with van der Waals surface area (Å²) in [7, 11) is 0. The van der Waals surface area contributed by atoms with Crippen LogP contribution in [-0.2, 0) is 9.59 Å². The van der Waals surface area contributed by atoms with Crippen molar-refractivity contribution < 1.29 is 9.59 Å². The number of amides is 2. The van der Waals surface area contributed by atoms with Crippen LogP contribution < -0.4 is 11.1 Å². The quantitative estimate of drug-likeness (QED) is 0.765. The molecule has 4 aliphatic carbocycles. The summed E-state index contributed by atoms with van der Waals surface area (Å²) < 4.78 is 0. The number of piperidine rings is 1. The Morgan fingerprint density at radius 1 is 1.00 bits per heavy atom. The predicted molar refractivity (Wildman–Crippen MR) is 104 cm³/mol. The minimum atomic E-state index is 0. The summed E-state index contributed by atoms with van der Waals surface area (Å²) in [5.74, 6) is 3.77. The zero-order chi connectivity index (χ0) is 17.4. The molecular weight excluding hydrogens is 350 g/mol. The fourth-order valence-electron chi connectivity index (χ4n) is 6.47. The van der Waals surface area contributed by atoms with Crippen LogP contribution in [0.3, 0.4) is 0 Å². The van der Waals surface area contributed by atoms with Gasteiger partial charge in [0.15, 0.2) is 0 Å². The van der Waals surface area contributed by atoms with Crippen LogP contribution in [0.1, 0.15) is 57.8 Å². The maximum atomic E-state index is 13.5. The van der Waals surface area contributed by atoms with E-state index in [1.165, 1.54) is 32.1 Å². The van der Waals surface area contributed by atoms with Crippen LogP contribution in [-0.4, -0.2) is 42.4 Å². The highest BCUT2D eigenvalue weighted by atomic mass is 35.5.